The highest BCUT2D eigenvalue weighted by atomic mass is 15.0. The average Bonchev–Trinajstić information content (AvgIpc) is 1.73. The minimum Gasteiger partial charge on any atom is -0.309 e. The predicted octanol–water partition coefficient (Wildman–Crippen LogP) is 19.9. The Morgan fingerprint density at radius 1 is 0.202 bits per heavy atom. The Labute approximate surface area is 516 Å². The van der Waals surface area contributed by atoms with E-state index in [9.17, 15) is 0 Å². The number of hydrogen-bond acceptors (Lipinski definition) is 0. The number of fused-ring (bicyclic) bond motifs is 18. The van der Waals surface area contributed by atoms with Crippen molar-refractivity contribution in [1.29, 1.82) is 0 Å². The van der Waals surface area contributed by atoms with Gasteiger partial charge in [0.1, 0.15) is 0 Å². The second-order valence-electron chi connectivity index (χ2n) is 25.2. The summed E-state index contributed by atoms with van der Waals surface area (Å²) in [5, 5.41) is 17.3. The number of aryl methyl sites for hydroxylation is 6. The van der Waals surface area contributed by atoms with Crippen molar-refractivity contribution in [3.63, 3.8) is 0 Å². The van der Waals surface area contributed by atoms with Crippen molar-refractivity contribution in [2.75, 3.05) is 0 Å². The summed E-state index contributed by atoms with van der Waals surface area (Å²) in [6, 6.07) is 98.7. The van der Waals surface area contributed by atoms with Crippen molar-refractivity contribution >= 4 is 143 Å². The van der Waals surface area contributed by atoms with Gasteiger partial charge in [0, 0.05) is 65.8 Å². The van der Waals surface area contributed by atoms with Crippen LogP contribution in [0.25, 0.3) is 142 Å². The summed E-state index contributed by atoms with van der Waals surface area (Å²) >= 11 is 0. The molecule has 18 aromatic rings. The average molecular weight is 1140 g/mol. The van der Waals surface area contributed by atoms with Crippen molar-refractivity contribution < 1.29 is 0 Å². The Hall–Kier alpha value is -10.9. The summed E-state index contributed by atoms with van der Waals surface area (Å²) in [6.45, 7) is 13.7. The zero-order valence-corrected chi connectivity index (χ0v) is 50.7. The third kappa shape index (κ3) is 7.55. The largest absolute Gasteiger partial charge is 0.309 e. The molecule has 420 valence electrons. The third-order valence-corrected chi connectivity index (χ3v) is 19.8. The van der Waals surface area contributed by atoms with Gasteiger partial charge in [0.25, 0.3) is 0 Å². The fourth-order valence-corrected chi connectivity index (χ4v) is 16.4. The van der Waals surface area contributed by atoms with Crippen LogP contribution < -0.4 is 16.4 Å². The van der Waals surface area contributed by atoms with E-state index in [-0.39, 0.29) is 6.71 Å². The summed E-state index contributed by atoms with van der Waals surface area (Å²) in [5.41, 5.74) is 26.0. The van der Waals surface area contributed by atoms with Gasteiger partial charge in [-0.05, 0) is 171 Å². The van der Waals surface area contributed by atoms with Crippen LogP contribution in [0.4, 0.5) is 0 Å². The van der Waals surface area contributed by atoms with E-state index in [1.807, 2.05) is 0 Å². The lowest BCUT2D eigenvalue weighted by atomic mass is 9.34. The molecular formula is C84H61BN4. The summed E-state index contributed by atoms with van der Waals surface area (Å²) in [6.07, 6.45) is 0. The van der Waals surface area contributed by atoms with Crippen LogP contribution in [-0.4, -0.2) is 25.0 Å². The van der Waals surface area contributed by atoms with Gasteiger partial charge in [-0.15, -0.1) is 0 Å². The Bertz CT molecular complexity index is 5680. The maximum absolute atomic E-state index is 2.56. The monoisotopic (exact) mass is 1140 g/mol. The van der Waals surface area contributed by atoms with Crippen molar-refractivity contribution in [2.45, 2.75) is 41.5 Å². The molecular weight excluding hydrogens is 1080 g/mol. The first-order chi connectivity index (χ1) is 43.6. The normalized spacial score (nSPS) is 12.2. The number of nitrogens with zero attached hydrogens (tertiary/aromatic N) is 4. The minimum absolute atomic E-state index is 0.0128. The van der Waals surface area contributed by atoms with Gasteiger partial charge >= 0.3 is 0 Å². The Balaban J connectivity index is 0.936. The molecule has 89 heavy (non-hydrogen) atoms. The third-order valence-electron chi connectivity index (χ3n) is 19.8. The number of para-hydroxylation sites is 6. The van der Waals surface area contributed by atoms with Crippen LogP contribution >= 0.6 is 0 Å². The summed E-state index contributed by atoms with van der Waals surface area (Å²) in [7, 11) is 0. The lowest BCUT2D eigenvalue weighted by Gasteiger charge is -2.25. The molecule has 4 aromatic heterocycles. The van der Waals surface area contributed by atoms with Crippen LogP contribution in [0.5, 0.6) is 0 Å². The van der Waals surface area contributed by atoms with E-state index in [1.54, 1.807) is 0 Å². The number of hydrogen-bond donors (Lipinski definition) is 0. The Morgan fingerprint density at radius 2 is 0.506 bits per heavy atom. The van der Waals surface area contributed by atoms with Gasteiger partial charge < -0.3 is 18.3 Å². The van der Waals surface area contributed by atoms with Gasteiger partial charge in [-0.3, -0.25) is 0 Å². The van der Waals surface area contributed by atoms with Crippen molar-refractivity contribution in [1.82, 2.24) is 18.3 Å². The van der Waals surface area contributed by atoms with Crippen LogP contribution in [0, 0.1) is 41.5 Å². The molecule has 0 amide bonds. The standard InChI is InChI=1S/C84H61BN4/c1-50-39-52(3)83(53(4)40-50)85(84-54(5)41-51(2)42-55(84)6)56-33-36-61-68(43-56)62-37-34-59(88-77-31-19-15-27-66(77)73-46-71-64-25-13-17-29-75(64)86(79(71)48-81(73)88)57-21-9-7-10-22-57)45-70(62)63-38-35-60(44-69(61)63)89-78-32-20-16-28-67(78)74-47-72-65-26-14-18-30-76(65)87(80(72)49-82(74)89)58-23-11-8-12-24-58/h7-49H,1-6H3. The lowest BCUT2D eigenvalue weighted by Crippen LogP contribution is -2.55. The van der Waals surface area contributed by atoms with E-state index >= 15 is 0 Å². The molecule has 0 radical (unpaired) electrons. The molecule has 0 fully saturated rings. The van der Waals surface area contributed by atoms with Crippen LogP contribution in [0.2, 0.25) is 0 Å². The SMILES string of the molecule is Cc1cc(C)c(B(c2ccc3c(c2)c2ccc(-n4c5ccccc5c5cc6c7ccccc7n(-c7ccccc7)c6cc54)cc2c2ccc(-n4c5ccccc5c5cc6c7ccccc7n(-c7ccccc7)c6cc54)cc32)c2c(C)cc(C)cc2C)c(C)c1. The maximum Gasteiger partial charge on any atom is 0.242 e. The van der Waals surface area contributed by atoms with Gasteiger partial charge in [0.05, 0.1) is 44.1 Å². The van der Waals surface area contributed by atoms with E-state index in [2.05, 4.69) is 321 Å². The minimum atomic E-state index is 0.0128. The first kappa shape index (κ1) is 51.4. The molecule has 0 saturated heterocycles. The molecule has 14 aromatic carbocycles. The maximum atomic E-state index is 2.56. The number of benzene rings is 14. The molecule has 0 N–H and O–H groups in total. The highest BCUT2D eigenvalue weighted by Gasteiger charge is 2.30. The van der Waals surface area contributed by atoms with Crippen molar-refractivity contribution in [3.8, 4) is 22.7 Å². The lowest BCUT2D eigenvalue weighted by molar-refractivity contribution is 1.17. The first-order valence-corrected chi connectivity index (χ1v) is 31.3. The van der Waals surface area contributed by atoms with E-state index in [1.165, 1.54) is 169 Å². The predicted molar refractivity (Wildman–Crippen MR) is 382 cm³/mol. The fraction of sp³-hybridized carbons (Fsp3) is 0.0714. The summed E-state index contributed by atoms with van der Waals surface area (Å²) in [4.78, 5) is 0. The van der Waals surface area contributed by atoms with Crippen LogP contribution in [0.1, 0.15) is 33.4 Å². The molecule has 0 spiro atoms. The zero-order valence-electron chi connectivity index (χ0n) is 50.7. The quantitative estimate of drug-likeness (QED) is 0.112. The van der Waals surface area contributed by atoms with E-state index in [0.717, 1.165) is 22.7 Å². The van der Waals surface area contributed by atoms with Crippen LogP contribution in [-0.2, 0) is 0 Å². The molecule has 0 unspecified atom stereocenters. The van der Waals surface area contributed by atoms with Gasteiger partial charge in [0.15, 0.2) is 0 Å². The molecule has 0 aliphatic heterocycles. The van der Waals surface area contributed by atoms with Crippen molar-refractivity contribution in [2.24, 2.45) is 0 Å². The van der Waals surface area contributed by atoms with Gasteiger partial charge in [-0.25, -0.2) is 0 Å². The second kappa shape index (κ2) is 19.3. The number of rotatable bonds is 7. The molecule has 0 aliphatic rings. The Kier molecular flexibility index (Phi) is 11.1. The molecule has 4 nitrogen and oxygen atoms in total. The van der Waals surface area contributed by atoms with E-state index in [0.29, 0.717) is 0 Å². The van der Waals surface area contributed by atoms with E-state index in [4.69, 9.17) is 0 Å². The molecule has 0 bridgehead atoms. The van der Waals surface area contributed by atoms with Gasteiger partial charge in [-0.2, -0.15) is 0 Å². The summed E-state index contributed by atoms with van der Waals surface area (Å²) in [5.74, 6) is 0. The first-order valence-electron chi connectivity index (χ1n) is 31.3. The highest BCUT2D eigenvalue weighted by molar-refractivity contribution is 6.96. The molecule has 0 atom stereocenters. The Morgan fingerprint density at radius 3 is 0.865 bits per heavy atom. The van der Waals surface area contributed by atoms with E-state index < -0.39 is 0 Å². The second-order valence-corrected chi connectivity index (χ2v) is 25.2. The summed E-state index contributed by atoms with van der Waals surface area (Å²) < 4.78 is 9.92. The van der Waals surface area contributed by atoms with Crippen molar-refractivity contribution in [3.05, 3.63) is 294 Å². The van der Waals surface area contributed by atoms with Crippen LogP contribution in [0.15, 0.2) is 261 Å². The molecule has 5 heteroatoms. The fourth-order valence-electron chi connectivity index (χ4n) is 16.4. The molecule has 0 aliphatic carbocycles. The molecule has 4 heterocycles. The zero-order chi connectivity index (χ0) is 59.5. The highest BCUT2D eigenvalue weighted by Crippen LogP contribution is 2.45. The molecule has 0 saturated carbocycles. The molecule has 18 rings (SSSR count). The smallest absolute Gasteiger partial charge is 0.242 e. The van der Waals surface area contributed by atoms with Gasteiger partial charge in [-0.1, -0.05) is 214 Å². The number of aromatic nitrogens is 4. The van der Waals surface area contributed by atoms with Gasteiger partial charge in [0.2, 0.25) is 6.71 Å². The topological polar surface area (TPSA) is 19.7 Å². The van der Waals surface area contributed by atoms with Crippen LogP contribution in [0.3, 0.4) is 0 Å².